The van der Waals surface area contributed by atoms with E-state index in [2.05, 4.69) is 11.9 Å². The summed E-state index contributed by atoms with van der Waals surface area (Å²) in [6, 6.07) is 1.81. The van der Waals surface area contributed by atoms with Gasteiger partial charge in [-0.25, -0.2) is 9.78 Å². The second kappa shape index (κ2) is 6.63. The molecule has 6 heteroatoms. The molecule has 1 N–H and O–H groups in total. The smallest absolute Gasteiger partial charge is 0.354 e. The van der Waals surface area contributed by atoms with E-state index >= 15 is 0 Å². The van der Waals surface area contributed by atoms with Crippen LogP contribution in [0.3, 0.4) is 0 Å². The van der Waals surface area contributed by atoms with Gasteiger partial charge in [-0.05, 0) is 55.7 Å². The average molecular weight is 330 g/mol. The molecule has 24 heavy (non-hydrogen) atoms. The van der Waals surface area contributed by atoms with Gasteiger partial charge >= 0.3 is 11.9 Å². The number of ether oxygens (including phenoxy) is 2. The van der Waals surface area contributed by atoms with E-state index in [1.54, 1.807) is 0 Å². The highest BCUT2D eigenvalue weighted by Crippen LogP contribution is 2.33. The van der Waals surface area contributed by atoms with Gasteiger partial charge in [-0.1, -0.05) is 0 Å². The molecule has 128 valence electrons. The van der Waals surface area contributed by atoms with Crippen LogP contribution in [0.25, 0.3) is 11.0 Å². The number of aryl methyl sites for hydroxylation is 1. The fourth-order valence-electron chi connectivity index (χ4n) is 3.51. The third-order valence-corrected chi connectivity index (χ3v) is 4.92. The molecule has 2 heterocycles. The SMILES string of the molecule is COC(=O)CCC1CCc2c(nc3[nH]c(C(=O)OC)cc3c2C)C1. The molecule has 0 amide bonds. The van der Waals surface area contributed by atoms with Gasteiger partial charge in [-0.2, -0.15) is 0 Å². The predicted octanol–water partition coefficient (Wildman–Crippen LogP) is 2.72. The second-order valence-electron chi connectivity index (χ2n) is 6.32. The zero-order valence-electron chi connectivity index (χ0n) is 14.3. The van der Waals surface area contributed by atoms with Crippen molar-refractivity contribution >= 4 is 23.0 Å². The summed E-state index contributed by atoms with van der Waals surface area (Å²) in [6.45, 7) is 2.08. The molecule has 0 bridgehead atoms. The summed E-state index contributed by atoms with van der Waals surface area (Å²) in [5, 5.41) is 0.974. The maximum Gasteiger partial charge on any atom is 0.354 e. The van der Waals surface area contributed by atoms with Crippen molar-refractivity contribution < 1.29 is 19.1 Å². The Morgan fingerprint density at radius 2 is 2.12 bits per heavy atom. The molecule has 0 aliphatic heterocycles. The Kier molecular flexibility index (Phi) is 4.55. The van der Waals surface area contributed by atoms with Gasteiger partial charge in [0, 0.05) is 17.5 Å². The number of carbonyl (C=O) groups excluding carboxylic acids is 2. The first-order valence-electron chi connectivity index (χ1n) is 8.19. The third kappa shape index (κ3) is 3.00. The first kappa shape index (κ1) is 16.5. The van der Waals surface area contributed by atoms with Crippen molar-refractivity contribution in [3.63, 3.8) is 0 Å². The molecule has 2 aromatic heterocycles. The van der Waals surface area contributed by atoms with Gasteiger partial charge in [0.15, 0.2) is 0 Å². The summed E-state index contributed by atoms with van der Waals surface area (Å²) in [7, 11) is 2.79. The lowest BCUT2D eigenvalue weighted by Gasteiger charge is -2.25. The van der Waals surface area contributed by atoms with Crippen molar-refractivity contribution in [2.24, 2.45) is 5.92 Å². The molecule has 0 radical (unpaired) electrons. The minimum atomic E-state index is -0.388. The second-order valence-corrected chi connectivity index (χ2v) is 6.32. The monoisotopic (exact) mass is 330 g/mol. The maximum atomic E-state index is 11.7. The number of rotatable bonds is 4. The van der Waals surface area contributed by atoms with E-state index in [1.807, 2.05) is 6.07 Å². The van der Waals surface area contributed by atoms with Crippen LogP contribution in [0.2, 0.25) is 0 Å². The summed E-state index contributed by atoms with van der Waals surface area (Å²) in [5.74, 6) is -0.107. The number of carbonyl (C=O) groups is 2. The van der Waals surface area contributed by atoms with Crippen molar-refractivity contribution in [3.8, 4) is 0 Å². The molecular formula is C18H22N2O4. The number of hydrogen-bond donors (Lipinski definition) is 1. The van der Waals surface area contributed by atoms with Gasteiger partial charge < -0.3 is 14.5 Å². The topological polar surface area (TPSA) is 81.3 Å². The number of H-pyrrole nitrogens is 1. The normalized spacial score (nSPS) is 16.7. The molecule has 6 nitrogen and oxygen atoms in total. The fraction of sp³-hybridized carbons (Fsp3) is 0.500. The van der Waals surface area contributed by atoms with E-state index in [-0.39, 0.29) is 11.9 Å². The predicted molar refractivity (Wildman–Crippen MR) is 88.9 cm³/mol. The first-order valence-corrected chi connectivity index (χ1v) is 8.19. The number of methoxy groups -OCH3 is 2. The summed E-state index contributed by atoms with van der Waals surface area (Å²) in [5.41, 5.74) is 4.66. The van der Waals surface area contributed by atoms with Crippen LogP contribution in [0.4, 0.5) is 0 Å². The lowest BCUT2D eigenvalue weighted by Crippen LogP contribution is -2.18. The molecule has 1 atom stereocenters. The first-order chi connectivity index (χ1) is 11.5. The molecule has 0 spiro atoms. The van der Waals surface area contributed by atoms with Crippen molar-refractivity contribution in [2.45, 2.75) is 39.0 Å². The van der Waals surface area contributed by atoms with Crippen LogP contribution in [0, 0.1) is 12.8 Å². The summed E-state index contributed by atoms with van der Waals surface area (Å²) in [6.07, 6.45) is 4.13. The van der Waals surface area contributed by atoms with Crippen LogP contribution in [-0.2, 0) is 27.1 Å². The molecule has 1 unspecified atom stereocenters. The van der Waals surface area contributed by atoms with Gasteiger partial charge in [-0.15, -0.1) is 0 Å². The zero-order valence-corrected chi connectivity index (χ0v) is 14.3. The van der Waals surface area contributed by atoms with Crippen LogP contribution in [-0.4, -0.2) is 36.1 Å². The molecular weight excluding hydrogens is 308 g/mol. The van der Waals surface area contributed by atoms with Crippen molar-refractivity contribution in [3.05, 3.63) is 28.6 Å². The molecule has 0 saturated heterocycles. The number of hydrogen-bond acceptors (Lipinski definition) is 5. The number of pyridine rings is 1. The van der Waals surface area contributed by atoms with E-state index < -0.39 is 0 Å². The third-order valence-electron chi connectivity index (χ3n) is 4.92. The number of nitrogens with one attached hydrogen (secondary N) is 1. The summed E-state index contributed by atoms with van der Waals surface area (Å²) < 4.78 is 9.49. The van der Waals surface area contributed by atoms with Gasteiger partial charge in [0.1, 0.15) is 11.3 Å². The lowest BCUT2D eigenvalue weighted by atomic mass is 9.82. The van der Waals surface area contributed by atoms with E-state index in [4.69, 9.17) is 14.5 Å². The van der Waals surface area contributed by atoms with Crippen molar-refractivity contribution in [1.29, 1.82) is 0 Å². The van der Waals surface area contributed by atoms with Crippen LogP contribution in [0.1, 0.15) is 46.6 Å². The molecule has 0 fully saturated rings. The highest BCUT2D eigenvalue weighted by atomic mass is 16.5. The molecule has 1 aliphatic rings. The van der Waals surface area contributed by atoms with E-state index in [0.29, 0.717) is 18.0 Å². The Bertz CT molecular complexity index is 794. The van der Waals surface area contributed by atoms with Gasteiger partial charge in [-0.3, -0.25) is 4.79 Å². The Morgan fingerprint density at radius 1 is 1.33 bits per heavy atom. The zero-order chi connectivity index (χ0) is 17.3. The van der Waals surface area contributed by atoms with Gasteiger partial charge in [0.25, 0.3) is 0 Å². The van der Waals surface area contributed by atoms with E-state index in [9.17, 15) is 9.59 Å². The summed E-state index contributed by atoms with van der Waals surface area (Å²) >= 11 is 0. The average Bonchev–Trinajstić information content (AvgIpc) is 3.03. The lowest BCUT2D eigenvalue weighted by molar-refractivity contribution is -0.141. The van der Waals surface area contributed by atoms with E-state index in [1.165, 1.54) is 25.3 Å². The number of fused-ring (bicyclic) bond motifs is 2. The van der Waals surface area contributed by atoms with E-state index in [0.717, 1.165) is 42.4 Å². The molecule has 0 aromatic carbocycles. The van der Waals surface area contributed by atoms with Gasteiger partial charge in [0.05, 0.1) is 14.2 Å². The minimum absolute atomic E-state index is 0.160. The Labute approximate surface area is 140 Å². The Balaban J connectivity index is 1.87. The maximum absolute atomic E-state index is 11.7. The molecule has 3 rings (SSSR count). The molecule has 0 saturated carbocycles. The highest BCUT2D eigenvalue weighted by Gasteiger charge is 2.24. The van der Waals surface area contributed by atoms with Crippen LogP contribution in [0.15, 0.2) is 6.07 Å². The number of aromatic amines is 1. The Morgan fingerprint density at radius 3 is 2.83 bits per heavy atom. The molecule has 2 aromatic rings. The van der Waals surface area contributed by atoms with Gasteiger partial charge in [0.2, 0.25) is 0 Å². The number of nitrogens with zero attached hydrogens (tertiary/aromatic N) is 1. The number of aromatic nitrogens is 2. The van der Waals surface area contributed by atoms with Crippen LogP contribution >= 0.6 is 0 Å². The van der Waals surface area contributed by atoms with Crippen molar-refractivity contribution in [2.75, 3.05) is 14.2 Å². The van der Waals surface area contributed by atoms with Crippen molar-refractivity contribution in [1.82, 2.24) is 9.97 Å². The van der Waals surface area contributed by atoms with Crippen LogP contribution in [0.5, 0.6) is 0 Å². The highest BCUT2D eigenvalue weighted by molar-refractivity contribution is 5.95. The quantitative estimate of drug-likeness (QED) is 0.872. The minimum Gasteiger partial charge on any atom is -0.469 e. The fourth-order valence-corrected chi connectivity index (χ4v) is 3.51. The Hall–Kier alpha value is -2.37. The number of esters is 2. The van der Waals surface area contributed by atoms with Crippen LogP contribution < -0.4 is 0 Å². The largest absolute Gasteiger partial charge is 0.469 e. The standard InChI is InChI=1S/C18H22N2O4/c1-10-12-6-4-11(5-7-16(21)23-2)8-14(12)19-17-13(10)9-15(20-17)18(22)24-3/h9,11H,4-8H2,1-3H3,(H,19,20). The summed E-state index contributed by atoms with van der Waals surface area (Å²) in [4.78, 5) is 30.8. The molecule has 1 aliphatic carbocycles.